The van der Waals surface area contributed by atoms with E-state index >= 15 is 0 Å². The van der Waals surface area contributed by atoms with Gasteiger partial charge < -0.3 is 5.32 Å². The molecule has 0 aliphatic carbocycles. The number of ketones is 1. The maximum atomic E-state index is 13.4. The molecule has 0 saturated carbocycles. The highest BCUT2D eigenvalue weighted by atomic mass is 16.2. The van der Waals surface area contributed by atoms with E-state index in [-0.39, 0.29) is 47.0 Å². The highest BCUT2D eigenvalue weighted by Gasteiger charge is 2.21. The summed E-state index contributed by atoms with van der Waals surface area (Å²) in [5.74, 6) is -0.332. The Bertz CT molecular complexity index is 1510. The van der Waals surface area contributed by atoms with Gasteiger partial charge in [-0.25, -0.2) is 13.9 Å². The highest BCUT2D eigenvalue weighted by Crippen LogP contribution is 2.15. The summed E-state index contributed by atoms with van der Waals surface area (Å²) in [5.41, 5.74) is 0.202. The normalized spacial score (nSPS) is 11.6. The second kappa shape index (κ2) is 9.09. The van der Waals surface area contributed by atoms with Crippen molar-refractivity contribution in [2.24, 2.45) is 5.92 Å². The van der Waals surface area contributed by atoms with Crippen LogP contribution < -0.4 is 16.6 Å². The number of fused-ring (bicyclic) bond motifs is 3. The van der Waals surface area contributed by atoms with Crippen molar-refractivity contribution in [3.63, 3.8) is 0 Å². The minimum atomic E-state index is -0.553. The van der Waals surface area contributed by atoms with Gasteiger partial charge in [0, 0.05) is 23.7 Å². The molecule has 34 heavy (non-hydrogen) atoms. The first kappa shape index (κ1) is 23.2. The number of amides is 1. The van der Waals surface area contributed by atoms with E-state index in [0.717, 1.165) is 4.68 Å². The molecule has 0 saturated heterocycles. The lowest BCUT2D eigenvalue weighted by atomic mass is 10.1. The first-order valence-electron chi connectivity index (χ1n) is 11.2. The molecule has 1 amide bonds. The molecule has 2 aromatic carbocycles. The Kier molecular flexibility index (Phi) is 6.19. The van der Waals surface area contributed by atoms with Gasteiger partial charge in [0.1, 0.15) is 6.54 Å². The van der Waals surface area contributed by atoms with Gasteiger partial charge in [0.05, 0.1) is 10.9 Å². The lowest BCUT2D eigenvalue weighted by Crippen LogP contribution is -2.31. The minimum Gasteiger partial charge on any atom is -0.350 e. The van der Waals surface area contributed by atoms with Crippen LogP contribution in [0.3, 0.4) is 0 Å². The molecule has 2 heterocycles. The van der Waals surface area contributed by atoms with Crippen LogP contribution in [0.2, 0.25) is 0 Å². The van der Waals surface area contributed by atoms with E-state index in [0.29, 0.717) is 23.1 Å². The van der Waals surface area contributed by atoms with Gasteiger partial charge in [0.2, 0.25) is 5.78 Å². The van der Waals surface area contributed by atoms with Crippen molar-refractivity contribution in [3.8, 4) is 0 Å². The zero-order chi connectivity index (χ0) is 24.6. The topological polar surface area (TPSA) is 107 Å². The molecule has 0 atom stereocenters. The van der Waals surface area contributed by atoms with Crippen molar-refractivity contribution in [2.45, 2.75) is 46.8 Å². The summed E-state index contributed by atoms with van der Waals surface area (Å²) in [7, 11) is 0. The fourth-order valence-corrected chi connectivity index (χ4v) is 3.89. The Morgan fingerprint density at radius 1 is 0.971 bits per heavy atom. The van der Waals surface area contributed by atoms with Gasteiger partial charge in [-0.1, -0.05) is 44.2 Å². The van der Waals surface area contributed by atoms with Crippen molar-refractivity contribution in [1.29, 1.82) is 0 Å². The van der Waals surface area contributed by atoms with Crippen LogP contribution in [-0.4, -0.2) is 36.5 Å². The number of carbonyl (C=O) groups is 2. The SMILES string of the molecule is CC(C)Cn1c(=O)c2ccc(C(=O)NC(C)C)cc2n2c(=O)n(CC(=O)c3ccccc3)nc12. The highest BCUT2D eigenvalue weighted by molar-refractivity contribution is 5.98. The number of hydrogen-bond acceptors (Lipinski definition) is 5. The second-order valence-electron chi connectivity index (χ2n) is 9.03. The van der Waals surface area contributed by atoms with Crippen LogP contribution in [0, 0.1) is 5.92 Å². The third-order valence-electron chi connectivity index (χ3n) is 5.40. The molecule has 176 valence electrons. The van der Waals surface area contributed by atoms with Gasteiger partial charge in [0.15, 0.2) is 5.78 Å². The molecule has 0 unspecified atom stereocenters. The Balaban J connectivity index is 1.95. The lowest BCUT2D eigenvalue weighted by Gasteiger charge is -2.13. The number of carbonyl (C=O) groups excluding carboxylic acids is 2. The molecule has 0 fully saturated rings. The molecule has 9 heteroatoms. The first-order chi connectivity index (χ1) is 16.2. The van der Waals surface area contributed by atoms with Crippen molar-refractivity contribution < 1.29 is 9.59 Å². The van der Waals surface area contributed by atoms with Crippen molar-refractivity contribution in [3.05, 3.63) is 80.5 Å². The smallest absolute Gasteiger partial charge is 0.350 e. The van der Waals surface area contributed by atoms with E-state index in [1.54, 1.807) is 42.5 Å². The quantitative estimate of drug-likeness (QED) is 0.426. The van der Waals surface area contributed by atoms with Gasteiger partial charge in [-0.2, -0.15) is 0 Å². The third kappa shape index (κ3) is 4.28. The largest absolute Gasteiger partial charge is 0.352 e. The van der Waals surface area contributed by atoms with Crippen LogP contribution in [0.5, 0.6) is 0 Å². The van der Waals surface area contributed by atoms with Crippen molar-refractivity contribution in [2.75, 3.05) is 0 Å². The third-order valence-corrected chi connectivity index (χ3v) is 5.40. The van der Waals surface area contributed by atoms with Gasteiger partial charge >= 0.3 is 5.69 Å². The van der Waals surface area contributed by atoms with Gasteiger partial charge in [0.25, 0.3) is 11.5 Å². The molecule has 4 rings (SSSR count). The monoisotopic (exact) mass is 461 g/mol. The summed E-state index contributed by atoms with van der Waals surface area (Å²) in [4.78, 5) is 52.1. The second-order valence-corrected chi connectivity index (χ2v) is 9.03. The molecule has 0 spiro atoms. The van der Waals surface area contributed by atoms with Crippen LogP contribution in [0.4, 0.5) is 0 Å². The summed E-state index contributed by atoms with van der Waals surface area (Å²) >= 11 is 0. The Morgan fingerprint density at radius 3 is 2.32 bits per heavy atom. The molecule has 4 aromatic rings. The molecular weight excluding hydrogens is 434 g/mol. The zero-order valence-electron chi connectivity index (χ0n) is 19.6. The number of nitrogens with zero attached hydrogens (tertiary/aromatic N) is 4. The van der Waals surface area contributed by atoms with E-state index < -0.39 is 5.69 Å². The standard InChI is InChI=1S/C25H27N5O4/c1-15(2)13-28-23(33)19-11-10-18(22(32)26-16(3)4)12-20(19)30-24(28)27-29(25(30)34)14-21(31)17-8-6-5-7-9-17/h5-12,15-16H,13-14H2,1-4H3,(H,26,32). The predicted octanol–water partition coefficient (Wildman–Crippen LogP) is 2.49. The Morgan fingerprint density at radius 2 is 1.68 bits per heavy atom. The lowest BCUT2D eigenvalue weighted by molar-refractivity contribution is 0.0940. The number of rotatable bonds is 7. The molecule has 1 N–H and O–H groups in total. The van der Waals surface area contributed by atoms with Gasteiger partial charge in [-0.05, 0) is 38.0 Å². The summed E-state index contributed by atoms with van der Waals surface area (Å²) in [5, 5.41) is 7.48. The maximum Gasteiger partial charge on any atom is 0.352 e. The van der Waals surface area contributed by atoms with Crippen molar-refractivity contribution >= 4 is 28.4 Å². The van der Waals surface area contributed by atoms with Crippen LogP contribution in [0.25, 0.3) is 16.7 Å². The molecule has 0 aliphatic heterocycles. The number of nitrogens with one attached hydrogen (secondary N) is 1. The molecule has 0 aliphatic rings. The molecule has 0 bridgehead atoms. The van der Waals surface area contributed by atoms with E-state index in [4.69, 9.17) is 0 Å². The van der Waals surface area contributed by atoms with Gasteiger partial charge in [-0.15, -0.1) is 5.10 Å². The molecule has 9 nitrogen and oxygen atoms in total. The first-order valence-corrected chi connectivity index (χ1v) is 11.2. The maximum absolute atomic E-state index is 13.4. The molecule has 2 aromatic heterocycles. The van der Waals surface area contributed by atoms with Crippen LogP contribution >= 0.6 is 0 Å². The van der Waals surface area contributed by atoms with Crippen LogP contribution in [-0.2, 0) is 13.1 Å². The predicted molar refractivity (Wildman–Crippen MR) is 129 cm³/mol. The van der Waals surface area contributed by atoms with E-state index in [1.165, 1.54) is 15.0 Å². The molecule has 0 radical (unpaired) electrons. The van der Waals surface area contributed by atoms with Gasteiger partial charge in [-0.3, -0.25) is 19.0 Å². The summed E-state index contributed by atoms with van der Waals surface area (Å²) < 4.78 is 3.83. The van der Waals surface area contributed by atoms with Crippen LogP contribution in [0.1, 0.15) is 48.4 Å². The zero-order valence-corrected chi connectivity index (χ0v) is 19.6. The minimum absolute atomic E-state index is 0.0725. The summed E-state index contributed by atoms with van der Waals surface area (Å²) in [6, 6.07) is 13.2. The number of aromatic nitrogens is 4. The van der Waals surface area contributed by atoms with E-state index in [9.17, 15) is 19.2 Å². The number of benzene rings is 2. The summed E-state index contributed by atoms with van der Waals surface area (Å²) in [6.07, 6.45) is 0. The number of hydrogen-bond donors (Lipinski definition) is 1. The van der Waals surface area contributed by atoms with E-state index in [1.807, 2.05) is 27.7 Å². The van der Waals surface area contributed by atoms with Crippen molar-refractivity contribution in [1.82, 2.24) is 24.1 Å². The fraction of sp³-hybridized carbons (Fsp3) is 0.320. The fourth-order valence-electron chi connectivity index (χ4n) is 3.89. The Labute approximate surface area is 195 Å². The average molecular weight is 462 g/mol. The number of Topliss-reactive ketones (excluding diaryl/α,β-unsaturated/α-hetero) is 1. The van der Waals surface area contributed by atoms with E-state index in [2.05, 4.69) is 10.4 Å². The molecular formula is C25H27N5O4. The average Bonchev–Trinajstić information content (AvgIpc) is 3.12. The Hall–Kier alpha value is -4.01. The summed E-state index contributed by atoms with van der Waals surface area (Å²) in [6.45, 7) is 7.69. The van der Waals surface area contributed by atoms with Crippen LogP contribution in [0.15, 0.2) is 58.1 Å².